The minimum absolute atomic E-state index is 0.0592. The monoisotopic (exact) mass is 391 g/mol. The van der Waals surface area contributed by atoms with E-state index in [1.165, 1.54) is 16.7 Å². The lowest BCUT2D eigenvalue weighted by Crippen LogP contribution is -2.23. The van der Waals surface area contributed by atoms with Gasteiger partial charge in [0.1, 0.15) is 0 Å². The number of ketones is 1. The van der Waals surface area contributed by atoms with E-state index in [2.05, 4.69) is 0 Å². The van der Waals surface area contributed by atoms with Crippen molar-refractivity contribution in [1.29, 1.82) is 0 Å². The van der Waals surface area contributed by atoms with Crippen molar-refractivity contribution in [3.63, 3.8) is 0 Å². The maximum absolute atomic E-state index is 12.3. The van der Waals surface area contributed by atoms with Crippen molar-refractivity contribution in [3.8, 4) is 0 Å². The van der Waals surface area contributed by atoms with Gasteiger partial charge in [-0.3, -0.25) is 9.59 Å². The number of thioether (sulfide) groups is 1. The molecule has 1 amide bonds. The third kappa shape index (κ3) is 5.61. The summed E-state index contributed by atoms with van der Waals surface area (Å²) in [5.41, 5.74) is 0.745. The number of esters is 1. The Balaban J connectivity index is 1.99. The van der Waals surface area contributed by atoms with Crippen molar-refractivity contribution in [1.82, 2.24) is 4.90 Å². The number of amides is 1. The molecule has 136 valence electrons. The molecule has 0 aliphatic heterocycles. The summed E-state index contributed by atoms with van der Waals surface area (Å²) in [4.78, 5) is 38.3. The van der Waals surface area contributed by atoms with E-state index in [0.29, 0.717) is 21.0 Å². The Morgan fingerprint density at radius 2 is 1.69 bits per heavy atom. The van der Waals surface area contributed by atoms with Crippen molar-refractivity contribution in [2.75, 3.05) is 26.5 Å². The second-order valence-corrected chi connectivity index (χ2v) is 7.03. The van der Waals surface area contributed by atoms with Crippen LogP contribution in [0.5, 0.6) is 0 Å². The molecule has 0 aromatic heterocycles. The van der Waals surface area contributed by atoms with Crippen LogP contribution in [0.2, 0.25) is 5.02 Å². The second kappa shape index (κ2) is 9.40. The summed E-state index contributed by atoms with van der Waals surface area (Å²) in [6.45, 7) is -0.365. The van der Waals surface area contributed by atoms with Crippen molar-refractivity contribution >= 4 is 41.0 Å². The van der Waals surface area contributed by atoms with Crippen LogP contribution in [0.15, 0.2) is 53.4 Å². The molecular formula is C19H18ClNO4S. The maximum Gasteiger partial charge on any atom is 0.339 e. The zero-order valence-electron chi connectivity index (χ0n) is 14.4. The second-order valence-electron chi connectivity index (χ2n) is 5.58. The van der Waals surface area contributed by atoms with Gasteiger partial charge >= 0.3 is 5.97 Å². The number of Topliss-reactive ketones (excluding diaryl/α,β-unsaturated/α-hetero) is 1. The first-order chi connectivity index (χ1) is 12.4. The minimum Gasteiger partial charge on any atom is -0.454 e. The maximum atomic E-state index is 12.3. The number of carbonyl (C=O) groups excluding carboxylic acids is 3. The first kappa shape index (κ1) is 20.0. The zero-order valence-corrected chi connectivity index (χ0v) is 16.0. The van der Waals surface area contributed by atoms with E-state index < -0.39 is 5.97 Å². The molecule has 0 fully saturated rings. The molecule has 7 heteroatoms. The molecule has 0 atom stereocenters. The number of benzene rings is 2. The van der Waals surface area contributed by atoms with Crippen LogP contribution in [-0.2, 0) is 9.53 Å². The summed E-state index contributed by atoms with van der Waals surface area (Å²) < 4.78 is 5.14. The van der Waals surface area contributed by atoms with Crippen LogP contribution in [0.3, 0.4) is 0 Å². The molecule has 0 bridgehead atoms. The Morgan fingerprint density at radius 3 is 2.35 bits per heavy atom. The summed E-state index contributed by atoms with van der Waals surface area (Å²) in [5, 5.41) is 0.525. The average Bonchev–Trinajstić information content (AvgIpc) is 2.64. The normalized spacial score (nSPS) is 10.3. The van der Waals surface area contributed by atoms with Gasteiger partial charge in [-0.25, -0.2) is 4.79 Å². The predicted molar refractivity (Wildman–Crippen MR) is 102 cm³/mol. The van der Waals surface area contributed by atoms with Crippen LogP contribution >= 0.6 is 23.4 Å². The van der Waals surface area contributed by atoms with Gasteiger partial charge in [0.05, 0.1) is 11.3 Å². The number of nitrogens with zero attached hydrogens (tertiary/aromatic N) is 1. The molecule has 2 aromatic rings. The van der Waals surface area contributed by atoms with Gasteiger partial charge in [0, 0.05) is 29.6 Å². The van der Waals surface area contributed by atoms with E-state index in [1.54, 1.807) is 62.6 Å². The molecule has 0 heterocycles. The molecule has 0 saturated carbocycles. The Hall–Kier alpha value is -2.31. The molecule has 0 saturated heterocycles. The van der Waals surface area contributed by atoms with Crippen molar-refractivity contribution < 1.29 is 19.1 Å². The standard InChI is InChI=1S/C19H18ClNO4S/c1-21(2)18(23)12-26-17-6-4-3-5-15(17)19(24)25-11-16(22)13-7-9-14(20)10-8-13/h3-10H,11-12H2,1-2H3. The average molecular weight is 392 g/mol. The topological polar surface area (TPSA) is 63.7 Å². The van der Waals surface area contributed by atoms with Gasteiger partial charge in [0.25, 0.3) is 0 Å². The molecule has 2 aromatic carbocycles. The molecular weight excluding hydrogens is 374 g/mol. The number of carbonyl (C=O) groups is 3. The van der Waals surface area contributed by atoms with E-state index in [1.807, 2.05) is 0 Å². The summed E-state index contributed by atoms with van der Waals surface area (Å²) >= 11 is 7.04. The molecule has 0 unspecified atom stereocenters. The van der Waals surface area contributed by atoms with Gasteiger partial charge < -0.3 is 9.64 Å². The van der Waals surface area contributed by atoms with Gasteiger partial charge in [-0.2, -0.15) is 0 Å². The SMILES string of the molecule is CN(C)C(=O)CSc1ccccc1C(=O)OCC(=O)c1ccc(Cl)cc1. The molecule has 0 radical (unpaired) electrons. The van der Waals surface area contributed by atoms with Crippen molar-refractivity contribution in [3.05, 3.63) is 64.7 Å². The third-order valence-corrected chi connectivity index (χ3v) is 4.77. The number of hydrogen-bond donors (Lipinski definition) is 0. The molecule has 26 heavy (non-hydrogen) atoms. The molecule has 2 rings (SSSR count). The van der Waals surface area contributed by atoms with E-state index in [4.69, 9.17) is 16.3 Å². The zero-order chi connectivity index (χ0) is 19.1. The fraction of sp³-hybridized carbons (Fsp3) is 0.211. The molecule has 0 spiro atoms. The number of ether oxygens (including phenoxy) is 1. The van der Waals surface area contributed by atoms with Crippen LogP contribution in [0, 0.1) is 0 Å². The number of hydrogen-bond acceptors (Lipinski definition) is 5. The predicted octanol–water partition coefficient (Wildman–Crippen LogP) is 3.56. The van der Waals surface area contributed by atoms with Gasteiger partial charge in [0.15, 0.2) is 12.4 Å². The quantitative estimate of drug-likeness (QED) is 0.410. The lowest BCUT2D eigenvalue weighted by atomic mass is 10.1. The summed E-state index contributed by atoms with van der Waals surface area (Å²) in [7, 11) is 3.34. The summed E-state index contributed by atoms with van der Waals surface area (Å²) in [6.07, 6.45) is 0. The van der Waals surface area contributed by atoms with Crippen molar-refractivity contribution in [2.24, 2.45) is 0 Å². The Labute approximate surface area is 161 Å². The van der Waals surface area contributed by atoms with E-state index in [9.17, 15) is 14.4 Å². The number of rotatable bonds is 7. The largest absolute Gasteiger partial charge is 0.454 e. The first-order valence-corrected chi connectivity index (χ1v) is 9.12. The van der Waals surface area contributed by atoms with Gasteiger partial charge in [-0.1, -0.05) is 23.7 Å². The Kier molecular flexibility index (Phi) is 7.24. The van der Waals surface area contributed by atoms with Gasteiger partial charge in [-0.15, -0.1) is 11.8 Å². The highest BCUT2D eigenvalue weighted by Crippen LogP contribution is 2.23. The van der Waals surface area contributed by atoms with Gasteiger partial charge in [-0.05, 0) is 36.4 Å². The highest BCUT2D eigenvalue weighted by Gasteiger charge is 2.16. The van der Waals surface area contributed by atoms with E-state index >= 15 is 0 Å². The summed E-state index contributed by atoms with van der Waals surface area (Å²) in [6, 6.07) is 13.2. The minimum atomic E-state index is -0.604. The van der Waals surface area contributed by atoms with Crippen LogP contribution in [0.25, 0.3) is 0 Å². The van der Waals surface area contributed by atoms with Gasteiger partial charge in [0.2, 0.25) is 5.91 Å². The Morgan fingerprint density at radius 1 is 1.04 bits per heavy atom. The molecule has 0 N–H and O–H groups in total. The van der Waals surface area contributed by atoms with E-state index in [-0.39, 0.29) is 24.1 Å². The smallest absolute Gasteiger partial charge is 0.339 e. The Bertz CT molecular complexity index is 805. The van der Waals surface area contributed by atoms with Crippen LogP contribution in [0.4, 0.5) is 0 Å². The fourth-order valence-electron chi connectivity index (χ4n) is 1.96. The highest BCUT2D eigenvalue weighted by molar-refractivity contribution is 8.00. The first-order valence-electron chi connectivity index (χ1n) is 7.76. The molecule has 5 nitrogen and oxygen atoms in total. The van der Waals surface area contributed by atoms with Crippen LogP contribution < -0.4 is 0 Å². The van der Waals surface area contributed by atoms with E-state index in [0.717, 1.165) is 0 Å². The lowest BCUT2D eigenvalue weighted by Gasteiger charge is -2.11. The number of halogens is 1. The summed E-state index contributed by atoms with van der Waals surface area (Å²) in [5.74, 6) is -0.771. The molecule has 0 aliphatic carbocycles. The highest BCUT2D eigenvalue weighted by atomic mass is 35.5. The van der Waals surface area contributed by atoms with Crippen molar-refractivity contribution in [2.45, 2.75) is 4.90 Å². The van der Waals surface area contributed by atoms with Crippen LogP contribution in [-0.4, -0.2) is 49.0 Å². The third-order valence-electron chi connectivity index (χ3n) is 3.46. The fourth-order valence-corrected chi connectivity index (χ4v) is 3.10. The lowest BCUT2D eigenvalue weighted by molar-refractivity contribution is -0.125. The van der Waals surface area contributed by atoms with Crippen LogP contribution in [0.1, 0.15) is 20.7 Å². The molecule has 0 aliphatic rings.